The minimum atomic E-state index is -0.332. The molecule has 0 aliphatic rings. The van der Waals surface area contributed by atoms with Gasteiger partial charge in [0.05, 0.1) is 6.10 Å². The fourth-order valence-electron chi connectivity index (χ4n) is 2.23. The molecule has 0 saturated heterocycles. The van der Waals surface area contributed by atoms with Gasteiger partial charge in [-0.2, -0.15) is 0 Å². The number of hydrogen-bond acceptors (Lipinski definition) is 2. The van der Waals surface area contributed by atoms with Crippen molar-refractivity contribution in [2.45, 2.75) is 51.0 Å². The molecule has 0 bridgehead atoms. The van der Waals surface area contributed by atoms with E-state index in [9.17, 15) is 5.11 Å². The molecular formula is C15H24BrNO. The van der Waals surface area contributed by atoms with E-state index in [4.69, 9.17) is 5.73 Å². The van der Waals surface area contributed by atoms with Crippen molar-refractivity contribution < 1.29 is 5.11 Å². The summed E-state index contributed by atoms with van der Waals surface area (Å²) in [7, 11) is 0. The Labute approximate surface area is 119 Å². The lowest BCUT2D eigenvalue weighted by atomic mass is 9.90. The number of aliphatic hydroxyl groups excluding tert-OH is 1. The van der Waals surface area contributed by atoms with Crippen LogP contribution >= 0.6 is 15.9 Å². The molecule has 0 radical (unpaired) electrons. The maximum absolute atomic E-state index is 10.3. The molecule has 1 rings (SSSR count). The molecule has 0 saturated carbocycles. The van der Waals surface area contributed by atoms with Gasteiger partial charge in [-0.05, 0) is 24.1 Å². The van der Waals surface area contributed by atoms with Crippen molar-refractivity contribution in [3.05, 3.63) is 34.3 Å². The second-order valence-corrected chi connectivity index (χ2v) is 5.73. The van der Waals surface area contributed by atoms with Gasteiger partial charge in [-0.15, -0.1) is 0 Å². The lowest BCUT2D eigenvalue weighted by molar-refractivity contribution is 0.132. The maximum Gasteiger partial charge on any atom is 0.0620 e. The third-order valence-corrected chi connectivity index (χ3v) is 3.84. The summed E-state index contributed by atoms with van der Waals surface area (Å²) in [5.74, 6) is 0.0455. The predicted molar refractivity (Wildman–Crippen MR) is 80.7 cm³/mol. The van der Waals surface area contributed by atoms with E-state index in [2.05, 4.69) is 22.9 Å². The number of halogens is 1. The molecule has 0 amide bonds. The van der Waals surface area contributed by atoms with E-state index in [1.807, 2.05) is 24.3 Å². The van der Waals surface area contributed by atoms with Crippen molar-refractivity contribution in [1.29, 1.82) is 0 Å². The zero-order valence-corrected chi connectivity index (χ0v) is 12.7. The molecule has 0 heterocycles. The van der Waals surface area contributed by atoms with Gasteiger partial charge in [0.25, 0.3) is 0 Å². The zero-order valence-electron chi connectivity index (χ0n) is 11.1. The van der Waals surface area contributed by atoms with Gasteiger partial charge >= 0.3 is 0 Å². The van der Waals surface area contributed by atoms with E-state index in [-0.39, 0.29) is 12.0 Å². The van der Waals surface area contributed by atoms with Crippen LogP contribution in [0.3, 0.4) is 0 Å². The smallest absolute Gasteiger partial charge is 0.0620 e. The second-order valence-electron chi connectivity index (χ2n) is 4.81. The third kappa shape index (κ3) is 5.09. The SMILES string of the molecule is CCCCCCC(O)C(CN)c1cccc(Br)c1. The van der Waals surface area contributed by atoms with E-state index in [1.165, 1.54) is 19.3 Å². The van der Waals surface area contributed by atoms with Gasteiger partial charge in [-0.3, -0.25) is 0 Å². The highest BCUT2D eigenvalue weighted by atomic mass is 79.9. The van der Waals surface area contributed by atoms with Crippen LogP contribution in [0.4, 0.5) is 0 Å². The zero-order chi connectivity index (χ0) is 13.4. The van der Waals surface area contributed by atoms with Crippen LogP contribution in [0.5, 0.6) is 0 Å². The van der Waals surface area contributed by atoms with Crippen molar-refractivity contribution in [3.63, 3.8) is 0 Å². The topological polar surface area (TPSA) is 46.2 Å². The first-order valence-corrected chi connectivity index (χ1v) is 7.62. The van der Waals surface area contributed by atoms with Crippen molar-refractivity contribution in [2.24, 2.45) is 5.73 Å². The minimum absolute atomic E-state index is 0.0455. The first-order valence-electron chi connectivity index (χ1n) is 6.82. The molecule has 0 spiro atoms. The number of rotatable bonds is 8. The Bertz CT molecular complexity index is 343. The summed E-state index contributed by atoms with van der Waals surface area (Å²) < 4.78 is 1.04. The highest BCUT2D eigenvalue weighted by Gasteiger charge is 2.19. The summed E-state index contributed by atoms with van der Waals surface area (Å²) in [5.41, 5.74) is 6.93. The summed E-state index contributed by atoms with van der Waals surface area (Å²) in [6, 6.07) is 8.07. The first kappa shape index (κ1) is 15.7. The van der Waals surface area contributed by atoms with Crippen LogP contribution in [-0.4, -0.2) is 17.8 Å². The predicted octanol–water partition coefficient (Wildman–Crippen LogP) is 3.82. The Balaban J connectivity index is 2.54. The molecule has 2 unspecified atom stereocenters. The minimum Gasteiger partial charge on any atom is -0.392 e. The van der Waals surface area contributed by atoms with Crippen LogP contribution in [0, 0.1) is 0 Å². The quantitative estimate of drug-likeness (QED) is 0.717. The van der Waals surface area contributed by atoms with Crippen LogP contribution in [-0.2, 0) is 0 Å². The summed E-state index contributed by atoms with van der Waals surface area (Å²) in [6.45, 7) is 2.69. The Morgan fingerprint density at radius 1 is 1.28 bits per heavy atom. The lowest BCUT2D eigenvalue weighted by Gasteiger charge is -2.22. The fraction of sp³-hybridized carbons (Fsp3) is 0.600. The molecule has 0 aromatic heterocycles. The summed E-state index contributed by atoms with van der Waals surface area (Å²) >= 11 is 3.46. The molecule has 102 valence electrons. The molecule has 2 atom stereocenters. The van der Waals surface area contributed by atoms with E-state index in [0.717, 1.165) is 22.9 Å². The average molecular weight is 314 g/mol. The van der Waals surface area contributed by atoms with Gasteiger partial charge in [0.2, 0.25) is 0 Å². The molecule has 3 N–H and O–H groups in total. The highest BCUT2D eigenvalue weighted by molar-refractivity contribution is 9.10. The average Bonchev–Trinajstić information content (AvgIpc) is 2.36. The Kier molecular flexibility index (Phi) is 7.56. The molecule has 3 heteroatoms. The summed E-state index contributed by atoms with van der Waals surface area (Å²) in [6.07, 6.45) is 5.26. The standard InChI is InChI=1S/C15H24BrNO/c1-2-3-4-5-9-15(18)14(11-17)12-7-6-8-13(16)10-12/h6-8,10,14-15,18H,2-5,9,11,17H2,1H3. The van der Waals surface area contributed by atoms with E-state index in [0.29, 0.717) is 6.54 Å². The Morgan fingerprint density at radius 2 is 2.06 bits per heavy atom. The Morgan fingerprint density at radius 3 is 2.67 bits per heavy atom. The number of aliphatic hydroxyl groups is 1. The van der Waals surface area contributed by atoms with Crippen molar-refractivity contribution in [2.75, 3.05) is 6.54 Å². The van der Waals surface area contributed by atoms with E-state index in [1.54, 1.807) is 0 Å². The summed E-state index contributed by atoms with van der Waals surface area (Å²) in [5, 5.41) is 10.3. The van der Waals surface area contributed by atoms with Crippen molar-refractivity contribution in [1.82, 2.24) is 0 Å². The molecule has 18 heavy (non-hydrogen) atoms. The van der Waals surface area contributed by atoms with E-state index >= 15 is 0 Å². The molecule has 1 aromatic rings. The number of nitrogens with two attached hydrogens (primary N) is 1. The second kappa shape index (κ2) is 8.68. The van der Waals surface area contributed by atoms with Crippen LogP contribution in [0.1, 0.15) is 50.5 Å². The van der Waals surface area contributed by atoms with Crippen LogP contribution < -0.4 is 5.73 Å². The highest BCUT2D eigenvalue weighted by Crippen LogP contribution is 2.25. The fourth-order valence-corrected chi connectivity index (χ4v) is 2.65. The van der Waals surface area contributed by atoms with Crippen LogP contribution in [0.15, 0.2) is 28.7 Å². The normalized spacial score (nSPS) is 14.4. The van der Waals surface area contributed by atoms with Crippen molar-refractivity contribution in [3.8, 4) is 0 Å². The van der Waals surface area contributed by atoms with Gasteiger partial charge in [0.1, 0.15) is 0 Å². The first-order chi connectivity index (χ1) is 8.69. The molecule has 0 fully saturated rings. The van der Waals surface area contributed by atoms with E-state index < -0.39 is 0 Å². The van der Waals surface area contributed by atoms with Crippen LogP contribution in [0.25, 0.3) is 0 Å². The summed E-state index contributed by atoms with van der Waals surface area (Å²) in [4.78, 5) is 0. The monoisotopic (exact) mass is 313 g/mol. The molecule has 2 nitrogen and oxygen atoms in total. The molecule has 0 aliphatic carbocycles. The number of hydrogen-bond donors (Lipinski definition) is 2. The number of unbranched alkanes of at least 4 members (excludes halogenated alkanes) is 3. The van der Waals surface area contributed by atoms with Gasteiger partial charge in [-0.25, -0.2) is 0 Å². The third-order valence-electron chi connectivity index (χ3n) is 3.35. The van der Waals surface area contributed by atoms with Gasteiger partial charge in [0, 0.05) is 16.9 Å². The number of benzene rings is 1. The lowest BCUT2D eigenvalue weighted by Crippen LogP contribution is -2.25. The molecular weight excluding hydrogens is 290 g/mol. The largest absolute Gasteiger partial charge is 0.392 e. The van der Waals surface area contributed by atoms with Gasteiger partial charge < -0.3 is 10.8 Å². The van der Waals surface area contributed by atoms with Crippen LogP contribution in [0.2, 0.25) is 0 Å². The molecule has 0 aliphatic heterocycles. The molecule has 1 aromatic carbocycles. The van der Waals surface area contributed by atoms with Gasteiger partial charge in [-0.1, -0.05) is 60.7 Å². The van der Waals surface area contributed by atoms with Gasteiger partial charge in [0.15, 0.2) is 0 Å². The van der Waals surface area contributed by atoms with Crippen molar-refractivity contribution >= 4 is 15.9 Å². The Hall–Kier alpha value is -0.380. The maximum atomic E-state index is 10.3.